The van der Waals surface area contributed by atoms with Crippen LogP contribution in [0.15, 0.2) is 158 Å². The zero-order valence-electron chi connectivity index (χ0n) is 72.3. The van der Waals surface area contributed by atoms with Crippen LogP contribution in [-0.2, 0) is 27.2 Å². The van der Waals surface area contributed by atoms with Crippen molar-refractivity contribution in [1.82, 2.24) is 52.8 Å². The number of aromatic nitrogens is 7. The number of piperidine rings is 4. The summed E-state index contributed by atoms with van der Waals surface area (Å²) in [5.41, 5.74) is 26.0. The number of primary amides is 1. The molecule has 12 aromatic rings. The molecule has 0 atom stereocenters. The van der Waals surface area contributed by atoms with Crippen molar-refractivity contribution in [3.05, 3.63) is 266 Å². The molecule has 4 aliphatic heterocycles. The number of nitrogens with zero attached hydrogens (tertiary/aromatic N) is 15. The monoisotopic (exact) mass is 1670 g/mol. The number of pyridine rings is 3. The second-order valence-electron chi connectivity index (χ2n) is 33.3. The van der Waals surface area contributed by atoms with Gasteiger partial charge in [0.05, 0.1) is 114 Å². The Labute approximate surface area is 730 Å². The zero-order valence-corrected chi connectivity index (χ0v) is 72.3. The summed E-state index contributed by atoms with van der Waals surface area (Å²) >= 11 is 0. The molecule has 7 aromatic heterocycles. The third-order valence-corrected chi connectivity index (χ3v) is 24.3. The molecule has 4 fully saturated rings. The number of benzene rings is 5. The quantitative estimate of drug-likeness (QED) is 0.0290. The molecule has 4 aliphatic rings. The average molecular weight is 1670 g/mol. The summed E-state index contributed by atoms with van der Waals surface area (Å²) < 4.78 is 8.30. The second-order valence-corrected chi connectivity index (χ2v) is 33.3. The standard InChI is InChI=1S/C28H30N4O3.C26H29N5O2.C24H26N4O.C23H23N3O2/c1-20-27(26(35)19-31-14-4-3-5-15-31)28-25(32(20)23-11-9-22(29-2)10-12-23)17-21(18-30-28)8-13-24(34)7-6-16-33;1-17-19(7-12-24(27)33)15-22-26(29-17)25(23(32)16-30-13-5-4-6-14-30)18(2)31(22)21-10-8-20(28-3)9-11-21;1-17(2)24-22(21(29)16-27-14-5-4-6-15-27)23-20(8-7-13-26-23)28(24)19-11-9-18(25-3)10-12-19;1-16-23(22(28)15-25-13-11-19(27)12-14-25)20-5-3-4-6-21(20)26(16)18-9-7-17(24-2)8-10-18/h9-12,16-18H,3-8,13-15,19H2,1H3;8-11,15H,4-7,12-14,16H2,1-2H3,(H2,27,33);7-13,17H,4-6,14-16H2,1-2H3;3-10,19,27H,11-15H2,1H3. The van der Waals surface area contributed by atoms with Gasteiger partial charge in [-0.15, -0.1) is 0 Å². The van der Waals surface area contributed by atoms with E-state index in [2.05, 4.69) is 66.9 Å². The highest BCUT2D eigenvalue weighted by atomic mass is 16.3. The maximum Gasteiger partial charge on any atom is 0.217 e. The van der Waals surface area contributed by atoms with Gasteiger partial charge in [-0.05, 0) is 227 Å². The Hall–Kier alpha value is -13.0. The van der Waals surface area contributed by atoms with Gasteiger partial charge in [0.25, 0.3) is 0 Å². The normalized spacial score (nSPS) is 14.7. The van der Waals surface area contributed by atoms with Crippen molar-refractivity contribution >= 4 is 108 Å². The van der Waals surface area contributed by atoms with Crippen LogP contribution in [0.5, 0.6) is 0 Å². The fraction of sp³-hybridized carbons (Fsp3) is 0.366. The molecule has 0 bridgehead atoms. The Morgan fingerprint density at radius 3 is 1.33 bits per heavy atom. The molecule has 640 valence electrons. The predicted molar refractivity (Wildman–Crippen MR) is 491 cm³/mol. The smallest absolute Gasteiger partial charge is 0.217 e. The molecule has 0 spiro atoms. The number of Topliss-reactive ketones (excluding diaryl/α,β-unsaturated/α-hetero) is 5. The number of carbonyl (C=O) groups is 7. The fourth-order valence-corrected chi connectivity index (χ4v) is 17.9. The molecule has 24 nitrogen and oxygen atoms in total. The fourth-order valence-electron chi connectivity index (χ4n) is 17.9. The average Bonchev–Trinajstić information content (AvgIpc) is 1.61. The van der Waals surface area contributed by atoms with E-state index in [1.807, 2.05) is 146 Å². The SMILES string of the molecule is [C-]#[N+]c1ccc(-n2c(C(C)C)c(C(=O)CN3CCCCC3)c3ncccc32)cc1.[C-]#[N+]c1ccc(-n2c(C)c(C(=O)CN3CCC(O)CC3)c3ccccc32)cc1.[C-]#[N+]c1ccc(-n2c(C)c(C(=O)CN3CCCCC3)c3nc(C)c(CCC(N)=O)cc32)cc1.[C-]#[N+]c1ccc(-n2c(C)c(C(=O)CN3CCCCC3)c3ncc(CCC(=O)CCC=O)cc32)cc1. The van der Waals surface area contributed by atoms with Crippen molar-refractivity contribution in [3.8, 4) is 22.7 Å². The summed E-state index contributed by atoms with van der Waals surface area (Å²) in [6.07, 6.45) is 18.1. The van der Waals surface area contributed by atoms with Crippen molar-refractivity contribution in [2.75, 3.05) is 78.5 Å². The Morgan fingerprint density at radius 2 is 0.864 bits per heavy atom. The summed E-state index contributed by atoms with van der Waals surface area (Å²) in [4.78, 5) is 125. The number of hydrogen-bond acceptors (Lipinski definition) is 15. The first-order valence-corrected chi connectivity index (χ1v) is 43.5. The highest BCUT2D eigenvalue weighted by Gasteiger charge is 2.32. The topological polar surface area (TPSA) is 255 Å². The lowest BCUT2D eigenvalue weighted by Gasteiger charge is -2.28. The number of para-hydroxylation sites is 1. The maximum atomic E-state index is 13.5. The number of fused-ring (bicyclic) bond motifs is 4. The van der Waals surface area contributed by atoms with Crippen LogP contribution in [0, 0.1) is 54.0 Å². The van der Waals surface area contributed by atoms with Crippen LogP contribution in [0.2, 0.25) is 0 Å². The summed E-state index contributed by atoms with van der Waals surface area (Å²) in [6, 6.07) is 45.6. The van der Waals surface area contributed by atoms with Crippen LogP contribution >= 0.6 is 0 Å². The van der Waals surface area contributed by atoms with Crippen molar-refractivity contribution < 1.29 is 38.7 Å². The summed E-state index contributed by atoms with van der Waals surface area (Å²) in [7, 11) is 0. The molecule has 3 N–H and O–H groups in total. The lowest BCUT2D eigenvalue weighted by molar-refractivity contribution is -0.120. The third-order valence-electron chi connectivity index (χ3n) is 24.3. The van der Waals surface area contributed by atoms with Crippen molar-refractivity contribution in [1.29, 1.82) is 0 Å². The van der Waals surface area contributed by atoms with E-state index in [0.717, 1.165) is 216 Å². The Bertz CT molecular complexity index is 6140. The van der Waals surface area contributed by atoms with Crippen molar-refractivity contribution in [3.63, 3.8) is 0 Å². The number of hydrogen-bond donors (Lipinski definition) is 2. The van der Waals surface area contributed by atoms with Crippen LogP contribution in [0.3, 0.4) is 0 Å². The summed E-state index contributed by atoms with van der Waals surface area (Å²) in [5.74, 6) is 0.259. The van der Waals surface area contributed by atoms with E-state index in [9.17, 15) is 38.7 Å². The number of ketones is 5. The van der Waals surface area contributed by atoms with Crippen LogP contribution in [-0.4, -0.2) is 184 Å². The van der Waals surface area contributed by atoms with Gasteiger partial charge >= 0.3 is 0 Å². The summed E-state index contributed by atoms with van der Waals surface area (Å²) in [6.45, 7) is 49.7. The van der Waals surface area contributed by atoms with E-state index in [1.165, 1.54) is 19.3 Å². The van der Waals surface area contributed by atoms with Gasteiger partial charge in [-0.3, -0.25) is 63.3 Å². The van der Waals surface area contributed by atoms with Gasteiger partial charge in [0, 0.05) is 113 Å². The zero-order chi connectivity index (χ0) is 88.4. The van der Waals surface area contributed by atoms with Gasteiger partial charge in [-0.25, -0.2) is 19.4 Å². The molecular formula is C101H108N16O8. The van der Waals surface area contributed by atoms with Crippen LogP contribution in [0.4, 0.5) is 22.7 Å². The van der Waals surface area contributed by atoms with Crippen molar-refractivity contribution in [2.24, 2.45) is 5.73 Å². The second kappa shape index (κ2) is 41.9. The largest absolute Gasteiger partial charge is 0.393 e. The van der Waals surface area contributed by atoms with Gasteiger partial charge in [0.2, 0.25) is 5.91 Å². The number of aliphatic hydroxyl groups excluding tert-OH is 1. The molecule has 0 aliphatic carbocycles. The molecule has 125 heavy (non-hydrogen) atoms. The van der Waals surface area contributed by atoms with Crippen molar-refractivity contribution in [2.45, 2.75) is 163 Å². The predicted octanol–water partition coefficient (Wildman–Crippen LogP) is 18.8. The minimum atomic E-state index is -0.354. The molecule has 11 heterocycles. The molecule has 0 saturated carbocycles. The van der Waals surface area contributed by atoms with Crippen LogP contribution < -0.4 is 5.73 Å². The number of aliphatic hydroxyl groups is 1. The van der Waals surface area contributed by atoms with Gasteiger partial charge < -0.3 is 33.9 Å². The number of aldehydes is 1. The van der Waals surface area contributed by atoms with E-state index < -0.39 is 0 Å². The van der Waals surface area contributed by atoms with E-state index >= 15 is 0 Å². The molecule has 4 saturated heterocycles. The van der Waals surface area contributed by atoms with Gasteiger partial charge in [-0.2, -0.15) is 0 Å². The Balaban J connectivity index is 0.000000144. The van der Waals surface area contributed by atoms with E-state index in [1.54, 1.807) is 48.8 Å². The molecule has 0 unspecified atom stereocenters. The number of carbonyl (C=O) groups excluding carboxylic acids is 7. The van der Waals surface area contributed by atoms with Crippen LogP contribution in [0.1, 0.15) is 197 Å². The molecular weight excluding hydrogens is 1570 g/mol. The first kappa shape index (κ1) is 89.7. The minimum absolute atomic E-state index is 0.0518. The van der Waals surface area contributed by atoms with E-state index in [0.29, 0.717) is 90.4 Å². The van der Waals surface area contributed by atoms with Gasteiger partial charge in [0.1, 0.15) is 12.1 Å². The van der Waals surface area contributed by atoms with Gasteiger partial charge in [-0.1, -0.05) is 99.8 Å². The first-order chi connectivity index (χ1) is 60.6. The Morgan fingerprint density at radius 1 is 0.456 bits per heavy atom. The lowest BCUT2D eigenvalue weighted by atomic mass is 10.0. The molecule has 5 aromatic carbocycles. The highest BCUT2D eigenvalue weighted by molar-refractivity contribution is 6.13. The third kappa shape index (κ3) is 21.1. The van der Waals surface area contributed by atoms with Gasteiger partial charge in [0.15, 0.2) is 45.9 Å². The number of aryl methyl sites for hydroxylation is 3. The lowest BCUT2D eigenvalue weighted by Crippen LogP contribution is -2.39. The number of amides is 1. The van der Waals surface area contributed by atoms with Crippen LogP contribution in [0.25, 0.3) is 86.1 Å². The molecule has 24 heteroatoms. The maximum absolute atomic E-state index is 13.5. The number of rotatable bonds is 26. The number of nitrogens with two attached hydrogens (primary N) is 1. The number of likely N-dealkylation sites (tertiary alicyclic amines) is 4. The van der Waals surface area contributed by atoms with E-state index in [4.69, 9.17) is 42.0 Å². The highest BCUT2D eigenvalue weighted by Crippen LogP contribution is 2.38. The minimum Gasteiger partial charge on any atom is -0.393 e. The summed E-state index contributed by atoms with van der Waals surface area (Å²) in [5, 5.41) is 10.7. The Kier molecular flexibility index (Phi) is 30.1. The van der Waals surface area contributed by atoms with E-state index in [-0.39, 0.29) is 66.1 Å². The first-order valence-electron chi connectivity index (χ1n) is 43.5. The molecule has 0 radical (unpaired) electrons. The molecule has 16 rings (SSSR count). The molecule has 1 amide bonds.